The highest BCUT2D eigenvalue weighted by atomic mass is 16.3. The molecule has 0 amide bonds. The third-order valence-electron chi connectivity index (χ3n) is 3.96. The van der Waals surface area contributed by atoms with Gasteiger partial charge in [-0.3, -0.25) is 4.79 Å². The number of oxazole rings is 1. The van der Waals surface area contributed by atoms with E-state index in [1.165, 1.54) is 44.1 Å². The van der Waals surface area contributed by atoms with Gasteiger partial charge in [-0.05, 0) is 24.3 Å². The lowest BCUT2D eigenvalue weighted by molar-refractivity contribution is 0.110. The van der Waals surface area contributed by atoms with Crippen molar-refractivity contribution in [3.8, 4) is 11.3 Å². The van der Waals surface area contributed by atoms with Crippen LogP contribution in [0.15, 0.2) is 35.1 Å². The SMILES string of the molecule is O=Cc1ocnc1-c1ccc(C2CCCCC2)cc1. The van der Waals surface area contributed by atoms with Crippen molar-refractivity contribution in [1.82, 2.24) is 4.98 Å². The number of carbonyl (C=O) groups excluding carboxylic acids is 1. The largest absolute Gasteiger partial charge is 0.440 e. The summed E-state index contributed by atoms with van der Waals surface area (Å²) in [7, 11) is 0. The average Bonchev–Trinajstić information content (AvgIpc) is 2.97. The summed E-state index contributed by atoms with van der Waals surface area (Å²) in [5.74, 6) is 0.996. The zero-order valence-electron chi connectivity index (χ0n) is 10.8. The molecule has 0 spiro atoms. The van der Waals surface area contributed by atoms with Crippen LogP contribution in [0.25, 0.3) is 11.3 Å². The maximum Gasteiger partial charge on any atom is 0.194 e. The topological polar surface area (TPSA) is 43.1 Å². The molecule has 3 heteroatoms. The summed E-state index contributed by atoms with van der Waals surface area (Å²) in [6.45, 7) is 0. The fourth-order valence-corrected chi connectivity index (χ4v) is 2.90. The van der Waals surface area contributed by atoms with E-state index in [0.717, 1.165) is 5.56 Å². The Labute approximate surface area is 112 Å². The van der Waals surface area contributed by atoms with Gasteiger partial charge in [0.15, 0.2) is 18.4 Å². The van der Waals surface area contributed by atoms with Crippen molar-refractivity contribution >= 4 is 6.29 Å². The van der Waals surface area contributed by atoms with Crippen molar-refractivity contribution < 1.29 is 9.21 Å². The molecule has 19 heavy (non-hydrogen) atoms. The van der Waals surface area contributed by atoms with Crippen LogP contribution in [0.5, 0.6) is 0 Å². The molecule has 1 aliphatic rings. The molecular weight excluding hydrogens is 238 g/mol. The minimum Gasteiger partial charge on any atom is -0.440 e. The first kappa shape index (κ1) is 12.2. The molecule has 0 bridgehead atoms. The van der Waals surface area contributed by atoms with Gasteiger partial charge < -0.3 is 4.42 Å². The molecular formula is C16H17NO2. The Morgan fingerprint density at radius 2 is 1.84 bits per heavy atom. The Morgan fingerprint density at radius 3 is 2.53 bits per heavy atom. The normalized spacial score (nSPS) is 16.4. The Kier molecular flexibility index (Phi) is 3.45. The predicted octanol–water partition coefficient (Wildman–Crippen LogP) is 4.20. The van der Waals surface area contributed by atoms with E-state index < -0.39 is 0 Å². The standard InChI is InChI=1S/C16H17NO2/c18-10-15-16(17-11-19-15)14-8-6-13(7-9-14)12-4-2-1-3-5-12/h6-12H,1-5H2. The summed E-state index contributed by atoms with van der Waals surface area (Å²) in [5.41, 5.74) is 2.97. The Balaban J connectivity index is 1.84. The number of hydrogen-bond acceptors (Lipinski definition) is 3. The van der Waals surface area contributed by atoms with E-state index in [9.17, 15) is 4.79 Å². The van der Waals surface area contributed by atoms with Crippen molar-refractivity contribution in [3.63, 3.8) is 0 Å². The molecule has 0 N–H and O–H groups in total. The second kappa shape index (κ2) is 5.39. The maximum absolute atomic E-state index is 10.8. The zero-order valence-corrected chi connectivity index (χ0v) is 10.8. The molecule has 2 aromatic rings. The zero-order chi connectivity index (χ0) is 13.1. The minimum atomic E-state index is 0.297. The van der Waals surface area contributed by atoms with Gasteiger partial charge in [0.25, 0.3) is 0 Å². The molecule has 1 aromatic carbocycles. The number of hydrogen-bond donors (Lipinski definition) is 0. The lowest BCUT2D eigenvalue weighted by Gasteiger charge is -2.22. The van der Waals surface area contributed by atoms with Gasteiger partial charge in [-0.2, -0.15) is 0 Å². The summed E-state index contributed by atoms with van der Waals surface area (Å²) in [4.78, 5) is 14.9. The Hall–Kier alpha value is -1.90. The first-order valence-electron chi connectivity index (χ1n) is 6.87. The van der Waals surface area contributed by atoms with Crippen LogP contribution in [0.1, 0.15) is 54.1 Å². The Bertz CT molecular complexity index is 550. The first-order chi connectivity index (χ1) is 9.38. The fourth-order valence-electron chi connectivity index (χ4n) is 2.90. The molecule has 0 radical (unpaired) electrons. The van der Waals surface area contributed by atoms with Gasteiger partial charge in [-0.15, -0.1) is 0 Å². The fraction of sp³-hybridized carbons (Fsp3) is 0.375. The highest BCUT2D eigenvalue weighted by Crippen LogP contribution is 2.33. The van der Waals surface area contributed by atoms with Gasteiger partial charge in [0.05, 0.1) is 0 Å². The molecule has 1 fully saturated rings. The van der Waals surface area contributed by atoms with Gasteiger partial charge >= 0.3 is 0 Å². The lowest BCUT2D eigenvalue weighted by Crippen LogP contribution is -2.04. The molecule has 0 aliphatic heterocycles. The monoisotopic (exact) mass is 255 g/mol. The van der Waals surface area contributed by atoms with Crippen LogP contribution >= 0.6 is 0 Å². The maximum atomic E-state index is 10.8. The number of rotatable bonds is 3. The van der Waals surface area contributed by atoms with Crippen LogP contribution in [0, 0.1) is 0 Å². The highest BCUT2D eigenvalue weighted by molar-refractivity contribution is 5.81. The third kappa shape index (κ3) is 2.46. The van der Waals surface area contributed by atoms with E-state index in [1.54, 1.807) is 0 Å². The number of carbonyl (C=O) groups is 1. The van der Waals surface area contributed by atoms with E-state index in [2.05, 4.69) is 17.1 Å². The number of nitrogens with zero attached hydrogens (tertiary/aromatic N) is 1. The number of aromatic nitrogens is 1. The van der Waals surface area contributed by atoms with Crippen LogP contribution in [0.2, 0.25) is 0 Å². The van der Waals surface area contributed by atoms with Crippen LogP contribution < -0.4 is 0 Å². The second-order valence-electron chi connectivity index (χ2n) is 5.14. The average molecular weight is 255 g/mol. The van der Waals surface area contributed by atoms with Crippen molar-refractivity contribution in [2.45, 2.75) is 38.0 Å². The molecule has 1 saturated carbocycles. The number of aldehydes is 1. The third-order valence-corrected chi connectivity index (χ3v) is 3.96. The van der Waals surface area contributed by atoms with E-state index in [-0.39, 0.29) is 0 Å². The highest BCUT2D eigenvalue weighted by Gasteiger charge is 2.16. The van der Waals surface area contributed by atoms with Crippen molar-refractivity contribution in [2.24, 2.45) is 0 Å². The summed E-state index contributed by atoms with van der Waals surface area (Å²) >= 11 is 0. The van der Waals surface area contributed by atoms with Gasteiger partial charge in [0, 0.05) is 5.56 Å². The minimum absolute atomic E-state index is 0.297. The smallest absolute Gasteiger partial charge is 0.194 e. The predicted molar refractivity (Wildman–Crippen MR) is 73.2 cm³/mol. The van der Waals surface area contributed by atoms with Crippen LogP contribution in [0.3, 0.4) is 0 Å². The second-order valence-corrected chi connectivity index (χ2v) is 5.14. The van der Waals surface area contributed by atoms with E-state index >= 15 is 0 Å². The summed E-state index contributed by atoms with van der Waals surface area (Å²) in [5, 5.41) is 0. The first-order valence-corrected chi connectivity index (χ1v) is 6.87. The van der Waals surface area contributed by atoms with E-state index in [1.807, 2.05) is 12.1 Å². The van der Waals surface area contributed by atoms with Gasteiger partial charge in [0.1, 0.15) is 5.69 Å². The molecule has 0 unspecified atom stereocenters. The van der Waals surface area contributed by atoms with Crippen molar-refractivity contribution in [3.05, 3.63) is 42.0 Å². The molecule has 1 aromatic heterocycles. The van der Waals surface area contributed by atoms with E-state index in [0.29, 0.717) is 23.7 Å². The molecule has 1 aliphatic carbocycles. The van der Waals surface area contributed by atoms with Gasteiger partial charge in [-0.1, -0.05) is 43.5 Å². The van der Waals surface area contributed by atoms with E-state index in [4.69, 9.17) is 4.42 Å². The molecule has 1 heterocycles. The molecule has 3 rings (SSSR count). The molecule has 0 atom stereocenters. The van der Waals surface area contributed by atoms with Gasteiger partial charge in [0.2, 0.25) is 0 Å². The Morgan fingerprint density at radius 1 is 1.11 bits per heavy atom. The van der Waals surface area contributed by atoms with Crippen LogP contribution in [-0.4, -0.2) is 11.3 Å². The summed E-state index contributed by atoms with van der Waals surface area (Å²) < 4.78 is 5.04. The quantitative estimate of drug-likeness (QED) is 0.772. The van der Waals surface area contributed by atoms with Crippen molar-refractivity contribution in [1.29, 1.82) is 0 Å². The van der Waals surface area contributed by atoms with Crippen LogP contribution in [-0.2, 0) is 0 Å². The van der Waals surface area contributed by atoms with Gasteiger partial charge in [-0.25, -0.2) is 4.98 Å². The molecule has 98 valence electrons. The van der Waals surface area contributed by atoms with Crippen LogP contribution in [0.4, 0.5) is 0 Å². The summed E-state index contributed by atoms with van der Waals surface area (Å²) in [6.07, 6.45) is 8.66. The van der Waals surface area contributed by atoms with Crippen molar-refractivity contribution in [2.75, 3.05) is 0 Å². The summed E-state index contributed by atoms with van der Waals surface area (Å²) in [6, 6.07) is 8.40. The number of benzene rings is 1. The molecule has 0 saturated heterocycles. The molecule has 3 nitrogen and oxygen atoms in total. The lowest BCUT2D eigenvalue weighted by atomic mass is 9.84.